The molecule has 0 bridgehead atoms. The van der Waals surface area contributed by atoms with Crippen LogP contribution in [0.2, 0.25) is 0 Å². The van der Waals surface area contributed by atoms with Gasteiger partial charge in [-0.05, 0) is 18.9 Å². The highest BCUT2D eigenvalue weighted by Gasteiger charge is 2.30. The molecule has 0 heterocycles. The summed E-state index contributed by atoms with van der Waals surface area (Å²) >= 11 is 0. The second-order valence-corrected chi connectivity index (χ2v) is 6.15. The Bertz CT molecular complexity index is 605. The zero-order valence-corrected chi connectivity index (χ0v) is 15.9. The minimum Gasteiger partial charge on any atom is -0.467 e. The van der Waals surface area contributed by atoms with Crippen molar-refractivity contribution in [1.82, 2.24) is 10.6 Å². The Morgan fingerprint density at radius 1 is 1.15 bits per heavy atom. The van der Waals surface area contributed by atoms with Gasteiger partial charge >= 0.3 is 12.1 Å². The SMILES string of the molecule is CCCC[C@@H](NC(=O)[C@@H](NC(=O)OCc1ccccc1)[C@@H](C)O)C(=O)OC. The Kier molecular flexibility index (Phi) is 9.89. The summed E-state index contributed by atoms with van der Waals surface area (Å²) in [7, 11) is 1.23. The third-order valence-electron chi connectivity index (χ3n) is 3.90. The molecule has 0 radical (unpaired) electrons. The van der Waals surface area contributed by atoms with Gasteiger partial charge in [0.05, 0.1) is 13.2 Å². The third kappa shape index (κ3) is 8.08. The predicted molar refractivity (Wildman–Crippen MR) is 98.7 cm³/mol. The van der Waals surface area contributed by atoms with E-state index in [1.54, 1.807) is 12.1 Å². The quantitative estimate of drug-likeness (QED) is 0.530. The van der Waals surface area contributed by atoms with E-state index in [9.17, 15) is 19.5 Å². The topological polar surface area (TPSA) is 114 Å². The molecule has 0 aliphatic rings. The van der Waals surface area contributed by atoms with Gasteiger partial charge in [0.15, 0.2) is 0 Å². The Hall–Kier alpha value is -2.61. The van der Waals surface area contributed by atoms with E-state index in [0.29, 0.717) is 12.8 Å². The van der Waals surface area contributed by atoms with Crippen LogP contribution in [-0.4, -0.2) is 48.4 Å². The molecule has 0 aliphatic carbocycles. The smallest absolute Gasteiger partial charge is 0.408 e. The maximum absolute atomic E-state index is 12.4. The second kappa shape index (κ2) is 11.9. The molecule has 0 unspecified atom stereocenters. The number of aliphatic hydroxyl groups excluding tert-OH is 1. The minimum atomic E-state index is -1.26. The van der Waals surface area contributed by atoms with Gasteiger partial charge in [-0.25, -0.2) is 9.59 Å². The molecule has 0 fully saturated rings. The Labute approximate surface area is 159 Å². The van der Waals surface area contributed by atoms with E-state index in [-0.39, 0.29) is 6.61 Å². The number of amides is 2. The first-order valence-electron chi connectivity index (χ1n) is 8.92. The van der Waals surface area contributed by atoms with E-state index in [0.717, 1.165) is 12.0 Å². The lowest BCUT2D eigenvalue weighted by Crippen LogP contribution is -2.55. The van der Waals surface area contributed by atoms with E-state index in [4.69, 9.17) is 9.47 Å². The fraction of sp³-hybridized carbons (Fsp3) is 0.526. The second-order valence-electron chi connectivity index (χ2n) is 6.15. The van der Waals surface area contributed by atoms with Crippen LogP contribution in [0.5, 0.6) is 0 Å². The highest BCUT2D eigenvalue weighted by atomic mass is 16.5. The molecule has 150 valence electrons. The number of alkyl carbamates (subject to hydrolysis) is 1. The van der Waals surface area contributed by atoms with Crippen LogP contribution in [0.1, 0.15) is 38.7 Å². The summed E-state index contributed by atoms with van der Waals surface area (Å²) < 4.78 is 9.76. The first-order valence-corrected chi connectivity index (χ1v) is 8.92. The zero-order chi connectivity index (χ0) is 20.2. The van der Waals surface area contributed by atoms with Gasteiger partial charge < -0.3 is 25.2 Å². The number of ether oxygens (including phenoxy) is 2. The monoisotopic (exact) mass is 380 g/mol. The number of aliphatic hydroxyl groups is 1. The summed E-state index contributed by atoms with van der Waals surface area (Å²) in [5.74, 6) is -1.26. The van der Waals surface area contributed by atoms with Crippen LogP contribution >= 0.6 is 0 Å². The van der Waals surface area contributed by atoms with Crippen molar-refractivity contribution in [3.8, 4) is 0 Å². The number of benzene rings is 1. The molecule has 0 saturated heterocycles. The lowest BCUT2D eigenvalue weighted by molar-refractivity contribution is -0.145. The fourth-order valence-corrected chi connectivity index (χ4v) is 2.36. The largest absolute Gasteiger partial charge is 0.467 e. The number of esters is 1. The van der Waals surface area contributed by atoms with E-state index in [2.05, 4.69) is 10.6 Å². The molecular formula is C19H28N2O6. The molecule has 27 heavy (non-hydrogen) atoms. The van der Waals surface area contributed by atoms with Crippen molar-refractivity contribution in [3.05, 3.63) is 35.9 Å². The molecule has 0 saturated carbocycles. The number of methoxy groups -OCH3 is 1. The number of carbonyl (C=O) groups excluding carboxylic acids is 3. The highest BCUT2D eigenvalue weighted by Crippen LogP contribution is 2.05. The van der Waals surface area contributed by atoms with Crippen molar-refractivity contribution in [2.24, 2.45) is 0 Å². The summed E-state index contributed by atoms with van der Waals surface area (Å²) in [5, 5.41) is 14.7. The van der Waals surface area contributed by atoms with Crippen LogP contribution < -0.4 is 10.6 Å². The summed E-state index contributed by atoms with van der Waals surface area (Å²) in [5.41, 5.74) is 0.788. The Morgan fingerprint density at radius 3 is 2.37 bits per heavy atom. The first-order chi connectivity index (χ1) is 12.9. The molecule has 0 spiro atoms. The van der Waals surface area contributed by atoms with Crippen molar-refractivity contribution in [2.45, 2.75) is 57.9 Å². The van der Waals surface area contributed by atoms with Crippen molar-refractivity contribution in [1.29, 1.82) is 0 Å². The number of hydrogen-bond acceptors (Lipinski definition) is 6. The van der Waals surface area contributed by atoms with Gasteiger partial charge in [0, 0.05) is 0 Å². The Balaban J connectivity index is 2.65. The first kappa shape index (κ1) is 22.4. The van der Waals surface area contributed by atoms with E-state index < -0.39 is 36.2 Å². The molecule has 8 heteroatoms. The number of unbranched alkanes of at least 4 members (excludes halogenated alkanes) is 1. The standard InChI is InChI=1S/C19H28N2O6/c1-4-5-11-15(18(24)26-3)20-17(23)16(13(2)22)21-19(25)27-12-14-9-7-6-8-10-14/h6-10,13,15-16,22H,4-5,11-12H2,1-3H3,(H,20,23)(H,21,25)/t13-,15-,16+/m1/s1. The third-order valence-corrected chi connectivity index (χ3v) is 3.90. The van der Waals surface area contributed by atoms with Gasteiger partial charge in [-0.2, -0.15) is 0 Å². The molecule has 0 aromatic heterocycles. The minimum absolute atomic E-state index is 0.0299. The average molecular weight is 380 g/mol. The lowest BCUT2D eigenvalue weighted by Gasteiger charge is -2.23. The predicted octanol–water partition coefficient (Wildman–Crippen LogP) is 1.51. The van der Waals surface area contributed by atoms with Crippen molar-refractivity contribution < 1.29 is 29.0 Å². The van der Waals surface area contributed by atoms with Crippen molar-refractivity contribution >= 4 is 18.0 Å². The van der Waals surface area contributed by atoms with Gasteiger partial charge in [-0.3, -0.25) is 4.79 Å². The van der Waals surface area contributed by atoms with Crippen LogP contribution in [0.15, 0.2) is 30.3 Å². The maximum atomic E-state index is 12.4. The molecule has 1 rings (SSSR count). The maximum Gasteiger partial charge on any atom is 0.408 e. The molecule has 2 amide bonds. The van der Waals surface area contributed by atoms with Crippen LogP contribution in [0.4, 0.5) is 4.79 Å². The van der Waals surface area contributed by atoms with Gasteiger partial charge in [0.1, 0.15) is 18.7 Å². The van der Waals surface area contributed by atoms with E-state index in [1.807, 2.05) is 25.1 Å². The number of nitrogens with one attached hydrogen (secondary N) is 2. The van der Waals surface area contributed by atoms with E-state index >= 15 is 0 Å². The van der Waals surface area contributed by atoms with Crippen LogP contribution in [0.25, 0.3) is 0 Å². The molecule has 0 aliphatic heterocycles. The van der Waals surface area contributed by atoms with E-state index in [1.165, 1.54) is 14.0 Å². The fourth-order valence-electron chi connectivity index (χ4n) is 2.36. The number of hydrogen-bond donors (Lipinski definition) is 3. The van der Waals surface area contributed by atoms with Crippen molar-refractivity contribution in [2.75, 3.05) is 7.11 Å². The highest BCUT2D eigenvalue weighted by molar-refractivity contribution is 5.90. The summed E-state index contributed by atoms with van der Waals surface area (Å²) in [6.45, 7) is 3.35. The molecule has 1 aromatic rings. The Morgan fingerprint density at radius 2 is 1.81 bits per heavy atom. The molecule has 3 atom stereocenters. The van der Waals surface area contributed by atoms with Gasteiger partial charge in [0.2, 0.25) is 5.91 Å². The zero-order valence-electron chi connectivity index (χ0n) is 15.9. The number of carbonyl (C=O) groups is 3. The normalized spacial score (nSPS) is 13.8. The molecule has 3 N–H and O–H groups in total. The summed E-state index contributed by atoms with van der Waals surface area (Å²) in [6, 6.07) is 6.94. The van der Waals surface area contributed by atoms with Crippen LogP contribution in [0, 0.1) is 0 Å². The molecule has 8 nitrogen and oxygen atoms in total. The summed E-state index contributed by atoms with van der Waals surface area (Å²) in [4.78, 5) is 36.2. The van der Waals surface area contributed by atoms with Gasteiger partial charge in [-0.15, -0.1) is 0 Å². The molecular weight excluding hydrogens is 352 g/mol. The van der Waals surface area contributed by atoms with Gasteiger partial charge in [0.25, 0.3) is 0 Å². The van der Waals surface area contributed by atoms with Crippen LogP contribution in [-0.2, 0) is 25.7 Å². The van der Waals surface area contributed by atoms with Crippen LogP contribution in [0.3, 0.4) is 0 Å². The van der Waals surface area contributed by atoms with Gasteiger partial charge in [-0.1, -0.05) is 50.1 Å². The average Bonchev–Trinajstić information content (AvgIpc) is 2.67. The number of rotatable bonds is 10. The lowest BCUT2D eigenvalue weighted by atomic mass is 10.1. The van der Waals surface area contributed by atoms with Crippen molar-refractivity contribution in [3.63, 3.8) is 0 Å². The summed E-state index contributed by atoms with van der Waals surface area (Å²) in [6.07, 6.45) is -0.0687. The molecule has 1 aromatic carbocycles.